The molecule has 1 heterocycles. The summed E-state index contributed by atoms with van der Waals surface area (Å²) in [6.45, 7) is 0.121. The average Bonchev–Trinajstić information content (AvgIpc) is 2.84. The van der Waals surface area contributed by atoms with Gasteiger partial charge in [-0.15, -0.1) is 0 Å². The smallest absolute Gasteiger partial charge is 0.113 e. The van der Waals surface area contributed by atoms with E-state index in [2.05, 4.69) is 22.6 Å². The van der Waals surface area contributed by atoms with Gasteiger partial charge in [0.05, 0.1) is 6.61 Å². The number of hydrogen-bond donors (Lipinski definition) is 1. The Labute approximate surface area is 84.7 Å². The van der Waals surface area contributed by atoms with Crippen LogP contribution in [-0.4, -0.2) is 17.8 Å². The zero-order chi connectivity index (χ0) is 8.55. The molecule has 64 valence electrons. The fraction of sp³-hybridized carbons (Fsp3) is 0.333. The Morgan fingerprint density at radius 1 is 1.42 bits per heavy atom. The summed E-state index contributed by atoms with van der Waals surface area (Å²) in [5, 5.41) is 8.80. The van der Waals surface area contributed by atoms with Crippen LogP contribution >= 0.6 is 22.6 Å². The minimum Gasteiger partial charge on any atom is -0.394 e. The lowest BCUT2D eigenvalue weighted by Gasteiger charge is -1.97. The molecule has 1 aliphatic rings. The third kappa shape index (κ3) is 1.48. The summed E-state index contributed by atoms with van der Waals surface area (Å²) in [7, 11) is 0. The lowest BCUT2D eigenvalue weighted by molar-refractivity contribution is 0.242. The van der Waals surface area contributed by atoms with E-state index in [1.165, 1.54) is 9.13 Å². The largest absolute Gasteiger partial charge is 0.394 e. The molecule has 0 aliphatic carbocycles. The normalized spacial score (nSPS) is 27.2. The van der Waals surface area contributed by atoms with Gasteiger partial charge in [0, 0.05) is 3.57 Å². The van der Waals surface area contributed by atoms with Crippen molar-refractivity contribution >= 4 is 22.6 Å². The zero-order valence-corrected chi connectivity index (χ0v) is 8.56. The molecule has 12 heavy (non-hydrogen) atoms. The summed E-state index contributed by atoms with van der Waals surface area (Å²) >= 11 is 2.28. The van der Waals surface area contributed by atoms with Crippen molar-refractivity contribution in [3.05, 3.63) is 33.4 Å². The molecule has 1 fully saturated rings. The standard InChI is InChI=1S/C9H9IO2/c10-7-4-2-1-3-6(7)9-8(5-11)12-9/h1-4,8-9,11H,5H2/t8-,9+/m1/s1. The molecular weight excluding hydrogens is 267 g/mol. The number of aliphatic hydroxyl groups excluding tert-OH is 1. The van der Waals surface area contributed by atoms with E-state index in [0.29, 0.717) is 0 Å². The molecule has 0 aromatic heterocycles. The van der Waals surface area contributed by atoms with Crippen molar-refractivity contribution < 1.29 is 9.84 Å². The van der Waals surface area contributed by atoms with Gasteiger partial charge in [0.25, 0.3) is 0 Å². The van der Waals surface area contributed by atoms with E-state index in [4.69, 9.17) is 9.84 Å². The Hall–Kier alpha value is -0.130. The van der Waals surface area contributed by atoms with Crippen molar-refractivity contribution in [2.24, 2.45) is 0 Å². The fourth-order valence-corrected chi connectivity index (χ4v) is 1.96. The summed E-state index contributed by atoms with van der Waals surface area (Å²) < 4.78 is 6.48. The van der Waals surface area contributed by atoms with Crippen molar-refractivity contribution in [3.8, 4) is 0 Å². The van der Waals surface area contributed by atoms with E-state index in [0.717, 1.165) is 0 Å². The van der Waals surface area contributed by atoms with Crippen LogP contribution in [0.2, 0.25) is 0 Å². The van der Waals surface area contributed by atoms with Gasteiger partial charge in [-0.1, -0.05) is 18.2 Å². The molecule has 2 atom stereocenters. The van der Waals surface area contributed by atoms with Crippen LogP contribution in [0, 0.1) is 3.57 Å². The molecule has 1 aromatic carbocycles. The molecule has 0 amide bonds. The molecule has 1 aromatic rings. The maximum absolute atomic E-state index is 8.80. The third-order valence-corrected chi connectivity index (χ3v) is 2.96. The van der Waals surface area contributed by atoms with Crippen LogP contribution in [-0.2, 0) is 4.74 Å². The Morgan fingerprint density at radius 2 is 2.17 bits per heavy atom. The zero-order valence-electron chi connectivity index (χ0n) is 6.40. The highest BCUT2D eigenvalue weighted by molar-refractivity contribution is 14.1. The molecule has 1 N–H and O–H groups in total. The van der Waals surface area contributed by atoms with Gasteiger partial charge in [-0.3, -0.25) is 0 Å². The molecule has 0 spiro atoms. The summed E-state index contributed by atoms with van der Waals surface area (Å²) in [4.78, 5) is 0. The lowest BCUT2D eigenvalue weighted by Crippen LogP contribution is -1.95. The van der Waals surface area contributed by atoms with Crippen molar-refractivity contribution in [2.45, 2.75) is 12.2 Å². The monoisotopic (exact) mass is 276 g/mol. The molecule has 0 bridgehead atoms. The van der Waals surface area contributed by atoms with Gasteiger partial charge in [0.1, 0.15) is 12.2 Å². The summed E-state index contributed by atoms with van der Waals surface area (Å²) in [6, 6.07) is 8.09. The minimum absolute atomic E-state index is 0.0286. The van der Waals surface area contributed by atoms with Crippen molar-refractivity contribution in [3.63, 3.8) is 0 Å². The van der Waals surface area contributed by atoms with E-state index in [-0.39, 0.29) is 18.8 Å². The predicted octanol–water partition coefficient (Wildman–Crippen LogP) is 1.72. The molecule has 0 unspecified atom stereocenters. The van der Waals surface area contributed by atoms with Gasteiger partial charge in [-0.2, -0.15) is 0 Å². The molecule has 3 heteroatoms. The van der Waals surface area contributed by atoms with E-state index in [1.54, 1.807) is 0 Å². The van der Waals surface area contributed by atoms with Crippen LogP contribution in [0.3, 0.4) is 0 Å². The Balaban J connectivity index is 2.19. The van der Waals surface area contributed by atoms with Crippen molar-refractivity contribution in [1.82, 2.24) is 0 Å². The van der Waals surface area contributed by atoms with Crippen LogP contribution in [0.25, 0.3) is 0 Å². The highest BCUT2D eigenvalue weighted by atomic mass is 127. The van der Waals surface area contributed by atoms with Gasteiger partial charge in [0.2, 0.25) is 0 Å². The highest BCUT2D eigenvalue weighted by Gasteiger charge is 2.40. The van der Waals surface area contributed by atoms with Crippen LogP contribution in [0.15, 0.2) is 24.3 Å². The molecule has 1 aliphatic heterocycles. The van der Waals surface area contributed by atoms with Gasteiger partial charge in [-0.25, -0.2) is 0 Å². The second-order valence-electron chi connectivity index (χ2n) is 2.80. The quantitative estimate of drug-likeness (QED) is 0.659. The fourth-order valence-electron chi connectivity index (χ4n) is 1.26. The Kier molecular flexibility index (Phi) is 2.34. The second-order valence-corrected chi connectivity index (χ2v) is 3.96. The molecule has 0 saturated carbocycles. The van der Waals surface area contributed by atoms with Gasteiger partial charge in [0.15, 0.2) is 0 Å². The second kappa shape index (κ2) is 3.32. The van der Waals surface area contributed by atoms with Gasteiger partial charge in [-0.05, 0) is 34.2 Å². The number of epoxide rings is 1. The first-order chi connectivity index (χ1) is 5.83. The highest BCUT2D eigenvalue weighted by Crippen LogP contribution is 2.39. The number of halogens is 1. The predicted molar refractivity (Wildman–Crippen MR) is 53.9 cm³/mol. The molecule has 1 saturated heterocycles. The number of ether oxygens (including phenoxy) is 1. The first-order valence-corrected chi connectivity index (χ1v) is 4.91. The maximum atomic E-state index is 8.80. The van der Waals surface area contributed by atoms with Crippen LogP contribution in [0.5, 0.6) is 0 Å². The van der Waals surface area contributed by atoms with E-state index in [1.807, 2.05) is 24.3 Å². The number of aliphatic hydroxyl groups is 1. The van der Waals surface area contributed by atoms with Gasteiger partial charge < -0.3 is 9.84 Å². The number of hydrogen-bond acceptors (Lipinski definition) is 2. The molecule has 0 radical (unpaired) electrons. The van der Waals surface area contributed by atoms with Crippen LogP contribution in [0.1, 0.15) is 11.7 Å². The lowest BCUT2D eigenvalue weighted by atomic mass is 10.1. The van der Waals surface area contributed by atoms with E-state index in [9.17, 15) is 0 Å². The van der Waals surface area contributed by atoms with E-state index < -0.39 is 0 Å². The van der Waals surface area contributed by atoms with Crippen molar-refractivity contribution in [2.75, 3.05) is 6.61 Å². The van der Waals surface area contributed by atoms with Crippen LogP contribution in [0.4, 0.5) is 0 Å². The first-order valence-electron chi connectivity index (χ1n) is 3.83. The number of rotatable bonds is 2. The SMILES string of the molecule is OC[C@H]1O[C@H]1c1ccccc1I. The molecule has 2 rings (SSSR count). The summed E-state index contributed by atoms with van der Waals surface area (Å²) in [5.74, 6) is 0. The topological polar surface area (TPSA) is 32.8 Å². The Bertz CT molecular complexity index is 288. The summed E-state index contributed by atoms with van der Waals surface area (Å²) in [5.41, 5.74) is 1.19. The van der Waals surface area contributed by atoms with E-state index >= 15 is 0 Å². The first kappa shape index (κ1) is 8.47. The maximum Gasteiger partial charge on any atom is 0.113 e. The molecular formula is C9H9IO2. The average molecular weight is 276 g/mol. The Morgan fingerprint density at radius 3 is 2.75 bits per heavy atom. The minimum atomic E-state index is 0.0286. The third-order valence-electron chi connectivity index (χ3n) is 1.97. The van der Waals surface area contributed by atoms with Crippen molar-refractivity contribution in [1.29, 1.82) is 0 Å². The summed E-state index contributed by atoms with van der Waals surface area (Å²) in [6.07, 6.45) is 0.156. The van der Waals surface area contributed by atoms with Crippen LogP contribution < -0.4 is 0 Å². The number of benzene rings is 1. The van der Waals surface area contributed by atoms with Gasteiger partial charge >= 0.3 is 0 Å². The molecule has 2 nitrogen and oxygen atoms in total.